The van der Waals surface area contributed by atoms with E-state index in [0.717, 1.165) is 12.6 Å². The zero-order valence-electron chi connectivity index (χ0n) is 12.6. The highest BCUT2D eigenvalue weighted by Crippen LogP contribution is 2.19. The molecule has 2 aliphatic rings. The van der Waals surface area contributed by atoms with Crippen molar-refractivity contribution in [3.8, 4) is 0 Å². The predicted octanol–water partition coefficient (Wildman–Crippen LogP) is 0.846. The van der Waals surface area contributed by atoms with Crippen molar-refractivity contribution in [3.05, 3.63) is 29.8 Å². The molecular weight excluding hydrogens is 262 g/mol. The van der Waals surface area contributed by atoms with Crippen LogP contribution >= 0.6 is 0 Å². The Balaban J connectivity index is 1.56. The Bertz CT molecular complexity index is 483. The van der Waals surface area contributed by atoms with Crippen LogP contribution in [0, 0.1) is 5.92 Å². The number of quaternary nitrogens is 1. The lowest BCUT2D eigenvalue weighted by atomic mass is 9.83. The molecule has 0 saturated carbocycles. The Hall–Kier alpha value is -1.55. The number of nitrogen functional groups attached to an aromatic ring is 1. The summed E-state index contributed by atoms with van der Waals surface area (Å²) in [4.78, 5) is 14.0. The molecule has 3 rings (SSSR count). The minimum atomic E-state index is 0.0259. The molecule has 0 aliphatic carbocycles. The van der Waals surface area contributed by atoms with Gasteiger partial charge in [0.15, 0.2) is 0 Å². The number of hydrogen-bond donors (Lipinski definition) is 3. The molecule has 1 aromatic carbocycles. The van der Waals surface area contributed by atoms with Crippen LogP contribution in [0.4, 0.5) is 5.69 Å². The molecule has 2 heterocycles. The van der Waals surface area contributed by atoms with Crippen LogP contribution in [0.15, 0.2) is 24.3 Å². The van der Waals surface area contributed by atoms with E-state index in [0.29, 0.717) is 17.2 Å². The number of rotatable bonds is 3. The maximum atomic E-state index is 12.2. The van der Waals surface area contributed by atoms with Gasteiger partial charge in [0.25, 0.3) is 5.91 Å². The molecule has 4 heteroatoms. The third-order valence-electron chi connectivity index (χ3n) is 5.13. The summed E-state index contributed by atoms with van der Waals surface area (Å²) < 4.78 is 0. The first-order valence-corrected chi connectivity index (χ1v) is 8.22. The van der Waals surface area contributed by atoms with Gasteiger partial charge in [-0.25, -0.2) is 0 Å². The van der Waals surface area contributed by atoms with E-state index >= 15 is 0 Å². The van der Waals surface area contributed by atoms with Crippen molar-refractivity contribution in [3.63, 3.8) is 0 Å². The van der Waals surface area contributed by atoms with Gasteiger partial charge >= 0.3 is 0 Å². The molecule has 4 N–H and O–H groups in total. The highest BCUT2D eigenvalue weighted by atomic mass is 16.1. The zero-order valence-corrected chi connectivity index (χ0v) is 12.6. The molecule has 0 radical (unpaired) electrons. The highest BCUT2D eigenvalue weighted by molar-refractivity contribution is 5.94. The van der Waals surface area contributed by atoms with Crippen LogP contribution < -0.4 is 16.0 Å². The Morgan fingerprint density at radius 2 is 1.90 bits per heavy atom. The second-order valence-corrected chi connectivity index (χ2v) is 6.49. The van der Waals surface area contributed by atoms with Gasteiger partial charge in [-0.1, -0.05) is 0 Å². The Morgan fingerprint density at radius 3 is 2.71 bits per heavy atom. The molecule has 2 fully saturated rings. The lowest BCUT2D eigenvalue weighted by molar-refractivity contribution is -0.939. The summed E-state index contributed by atoms with van der Waals surface area (Å²) in [6, 6.07) is 7.91. The molecule has 0 spiro atoms. The maximum absolute atomic E-state index is 12.2. The quantitative estimate of drug-likeness (QED) is 0.722. The van der Waals surface area contributed by atoms with E-state index in [1.165, 1.54) is 45.2 Å². The lowest BCUT2D eigenvalue weighted by Crippen LogP contribution is -3.18. The molecule has 21 heavy (non-hydrogen) atoms. The summed E-state index contributed by atoms with van der Waals surface area (Å²) in [5.41, 5.74) is 7.05. The normalized spacial score (nSPS) is 28.7. The number of nitrogens with two attached hydrogens (primary N) is 1. The summed E-state index contributed by atoms with van der Waals surface area (Å²) in [5.74, 6) is 0.671. The summed E-state index contributed by atoms with van der Waals surface area (Å²) in [6.45, 7) is 3.47. The standard InChI is InChI=1S/C17H25N3O/c18-15-8-6-13(7-9-15)17(21)19-12-14-4-3-11-20-10-2-1-5-16(14)20/h6-9,14,16H,1-5,10-12,18H2,(H,19,21)/p+1/t14-,16-/m0/s1. The smallest absolute Gasteiger partial charge is 0.251 e. The number of piperidine rings is 2. The first kappa shape index (κ1) is 14.4. The van der Waals surface area contributed by atoms with Crippen molar-refractivity contribution in [2.45, 2.75) is 38.1 Å². The van der Waals surface area contributed by atoms with E-state index in [1.807, 2.05) is 0 Å². The first-order valence-electron chi connectivity index (χ1n) is 8.22. The average Bonchev–Trinajstić information content (AvgIpc) is 2.53. The van der Waals surface area contributed by atoms with Crippen LogP contribution in [0.5, 0.6) is 0 Å². The number of carbonyl (C=O) groups excluding carboxylic acids is 1. The van der Waals surface area contributed by atoms with Gasteiger partial charge in [0.1, 0.15) is 0 Å². The van der Waals surface area contributed by atoms with Crippen LogP contribution in [0.25, 0.3) is 0 Å². The van der Waals surface area contributed by atoms with Crippen molar-refractivity contribution < 1.29 is 9.69 Å². The number of carbonyl (C=O) groups is 1. The van der Waals surface area contributed by atoms with Crippen molar-refractivity contribution in [1.29, 1.82) is 0 Å². The Kier molecular flexibility index (Phi) is 4.44. The van der Waals surface area contributed by atoms with E-state index < -0.39 is 0 Å². The topological polar surface area (TPSA) is 59.6 Å². The highest BCUT2D eigenvalue weighted by Gasteiger charge is 2.36. The number of anilines is 1. The number of amides is 1. The van der Waals surface area contributed by atoms with Crippen LogP contribution in [0.2, 0.25) is 0 Å². The predicted molar refractivity (Wildman–Crippen MR) is 84.2 cm³/mol. The zero-order chi connectivity index (χ0) is 14.7. The van der Waals surface area contributed by atoms with Gasteiger partial charge in [0, 0.05) is 23.7 Å². The Labute approximate surface area is 126 Å². The minimum Gasteiger partial charge on any atom is -0.399 e. The van der Waals surface area contributed by atoms with Crippen molar-refractivity contribution >= 4 is 11.6 Å². The van der Waals surface area contributed by atoms with E-state index in [4.69, 9.17) is 5.73 Å². The van der Waals surface area contributed by atoms with Crippen molar-refractivity contribution in [2.24, 2.45) is 5.92 Å². The van der Waals surface area contributed by atoms with E-state index in [1.54, 1.807) is 29.2 Å². The minimum absolute atomic E-state index is 0.0259. The molecule has 114 valence electrons. The summed E-state index contributed by atoms with van der Waals surface area (Å²) in [7, 11) is 0. The second-order valence-electron chi connectivity index (χ2n) is 6.49. The first-order chi connectivity index (χ1) is 10.2. The monoisotopic (exact) mass is 288 g/mol. The van der Waals surface area contributed by atoms with E-state index in [2.05, 4.69) is 5.32 Å². The molecule has 2 aliphatic heterocycles. The van der Waals surface area contributed by atoms with Gasteiger partial charge in [-0.3, -0.25) is 4.79 Å². The number of hydrogen-bond acceptors (Lipinski definition) is 2. The molecular formula is C17H26N3O+. The summed E-state index contributed by atoms with van der Waals surface area (Å²) in [5, 5.41) is 3.13. The summed E-state index contributed by atoms with van der Waals surface area (Å²) >= 11 is 0. The fraction of sp³-hybridized carbons (Fsp3) is 0.588. The van der Waals surface area contributed by atoms with Crippen LogP contribution in [0.1, 0.15) is 42.5 Å². The van der Waals surface area contributed by atoms with E-state index in [9.17, 15) is 4.79 Å². The molecule has 0 aromatic heterocycles. The fourth-order valence-electron chi connectivity index (χ4n) is 3.98. The van der Waals surface area contributed by atoms with Gasteiger partial charge < -0.3 is 16.0 Å². The molecule has 1 aromatic rings. The van der Waals surface area contributed by atoms with Crippen LogP contribution in [-0.4, -0.2) is 31.6 Å². The maximum Gasteiger partial charge on any atom is 0.251 e. The van der Waals surface area contributed by atoms with Crippen molar-refractivity contribution in [1.82, 2.24) is 5.32 Å². The molecule has 2 saturated heterocycles. The third kappa shape index (κ3) is 3.38. The summed E-state index contributed by atoms with van der Waals surface area (Å²) in [6.07, 6.45) is 6.62. The van der Waals surface area contributed by atoms with E-state index in [-0.39, 0.29) is 5.91 Å². The lowest BCUT2D eigenvalue weighted by Gasteiger charge is -2.41. The molecule has 3 atom stereocenters. The SMILES string of the molecule is Nc1ccc(C(=O)NC[C@@H]2CCC[NH+]3CCCC[C@@H]23)cc1. The van der Waals surface area contributed by atoms with Gasteiger partial charge in [0.2, 0.25) is 0 Å². The van der Waals surface area contributed by atoms with Crippen LogP contribution in [-0.2, 0) is 0 Å². The molecule has 1 amide bonds. The number of fused-ring (bicyclic) bond motifs is 1. The number of nitrogens with one attached hydrogen (secondary N) is 2. The number of benzene rings is 1. The van der Waals surface area contributed by atoms with Crippen LogP contribution in [0.3, 0.4) is 0 Å². The third-order valence-corrected chi connectivity index (χ3v) is 5.13. The largest absolute Gasteiger partial charge is 0.399 e. The molecule has 1 unspecified atom stereocenters. The molecule has 0 bridgehead atoms. The molecule has 4 nitrogen and oxygen atoms in total. The van der Waals surface area contributed by atoms with Gasteiger partial charge in [-0.15, -0.1) is 0 Å². The van der Waals surface area contributed by atoms with Gasteiger partial charge in [-0.2, -0.15) is 0 Å². The average molecular weight is 288 g/mol. The Morgan fingerprint density at radius 1 is 1.14 bits per heavy atom. The second kappa shape index (κ2) is 6.48. The van der Waals surface area contributed by atoms with Gasteiger partial charge in [-0.05, 0) is 56.4 Å². The van der Waals surface area contributed by atoms with Gasteiger partial charge in [0.05, 0.1) is 19.1 Å². The van der Waals surface area contributed by atoms with Crippen molar-refractivity contribution in [2.75, 3.05) is 25.4 Å². The fourth-order valence-corrected chi connectivity index (χ4v) is 3.98.